The van der Waals surface area contributed by atoms with Crippen LogP contribution in [0.2, 0.25) is 5.02 Å². The minimum Gasteiger partial charge on any atom is -0.497 e. The number of halogens is 1. The van der Waals surface area contributed by atoms with Crippen molar-refractivity contribution >= 4 is 34.3 Å². The van der Waals surface area contributed by atoms with E-state index in [0.29, 0.717) is 21.4 Å². The van der Waals surface area contributed by atoms with E-state index in [1.54, 1.807) is 45.2 Å². The molecule has 5 nitrogen and oxygen atoms in total. The average molecular weight is 437 g/mol. The number of esters is 2. The second-order valence-corrected chi connectivity index (χ2v) is 6.89. The average Bonchev–Trinajstić information content (AvgIpc) is 2.77. The van der Waals surface area contributed by atoms with Gasteiger partial charge in [-0.25, -0.2) is 9.59 Å². The van der Waals surface area contributed by atoms with E-state index in [-0.39, 0.29) is 24.3 Å². The van der Waals surface area contributed by atoms with Crippen molar-refractivity contribution in [2.45, 2.75) is 13.8 Å². The van der Waals surface area contributed by atoms with Crippen molar-refractivity contribution in [2.24, 2.45) is 0 Å². The number of methoxy groups -OCH3 is 1. The van der Waals surface area contributed by atoms with E-state index < -0.39 is 11.9 Å². The molecular weight excluding hydrogens is 416 g/mol. The minimum absolute atomic E-state index is 0.0918. The third-order valence-corrected chi connectivity index (χ3v) is 4.74. The van der Waals surface area contributed by atoms with E-state index in [0.717, 1.165) is 11.3 Å². The van der Waals surface area contributed by atoms with Gasteiger partial charge in [-0.05, 0) is 67.1 Å². The van der Waals surface area contributed by atoms with Crippen LogP contribution in [0.1, 0.15) is 45.7 Å². The molecule has 0 heterocycles. The fraction of sp³-hybridized carbons (Fsp3) is 0.200. The van der Waals surface area contributed by atoms with Gasteiger partial charge in [-0.15, -0.1) is 0 Å². The molecule has 0 saturated heterocycles. The van der Waals surface area contributed by atoms with Gasteiger partial charge in [-0.1, -0.05) is 29.5 Å². The zero-order valence-electron chi connectivity index (χ0n) is 17.5. The predicted molar refractivity (Wildman–Crippen MR) is 120 cm³/mol. The Balaban J connectivity index is 2.24. The quantitative estimate of drug-likeness (QED) is 0.403. The lowest BCUT2D eigenvalue weighted by molar-refractivity contribution is 0.0481. The summed E-state index contributed by atoms with van der Waals surface area (Å²) in [5, 5.41) is 1.59. The van der Waals surface area contributed by atoms with E-state index in [4.69, 9.17) is 25.8 Å². The number of rotatable bonds is 5. The molecule has 0 aromatic heterocycles. The van der Waals surface area contributed by atoms with Crippen molar-refractivity contribution in [3.05, 3.63) is 75.8 Å². The number of fused-ring (bicyclic) bond motifs is 1. The molecule has 3 rings (SSSR count). The summed E-state index contributed by atoms with van der Waals surface area (Å²) in [4.78, 5) is 25.4. The largest absolute Gasteiger partial charge is 0.497 e. The maximum atomic E-state index is 12.7. The number of benzene rings is 3. The highest BCUT2D eigenvalue weighted by Crippen LogP contribution is 2.30. The molecule has 0 spiro atoms. The molecule has 0 saturated carbocycles. The summed E-state index contributed by atoms with van der Waals surface area (Å²) in [5.41, 5.74) is 1.55. The molecule has 0 aliphatic carbocycles. The smallest absolute Gasteiger partial charge is 0.339 e. The molecule has 0 unspecified atom stereocenters. The Morgan fingerprint density at radius 3 is 2.19 bits per heavy atom. The molecule has 31 heavy (non-hydrogen) atoms. The molecule has 0 radical (unpaired) electrons. The zero-order chi connectivity index (χ0) is 22.4. The van der Waals surface area contributed by atoms with E-state index in [2.05, 4.69) is 11.8 Å². The first-order valence-electron chi connectivity index (χ1n) is 9.75. The summed E-state index contributed by atoms with van der Waals surface area (Å²) in [5.74, 6) is 5.67. The zero-order valence-corrected chi connectivity index (χ0v) is 18.2. The van der Waals surface area contributed by atoms with E-state index in [9.17, 15) is 9.59 Å². The predicted octanol–water partition coefficient (Wildman–Crippen LogP) is 5.26. The van der Waals surface area contributed by atoms with Gasteiger partial charge in [0.05, 0.1) is 31.5 Å². The Kier molecular flexibility index (Phi) is 7.17. The van der Waals surface area contributed by atoms with Crippen molar-refractivity contribution in [2.75, 3.05) is 20.3 Å². The summed E-state index contributed by atoms with van der Waals surface area (Å²) >= 11 is 6.20. The first-order valence-corrected chi connectivity index (χ1v) is 10.1. The molecule has 0 amide bonds. The summed E-state index contributed by atoms with van der Waals surface area (Å²) < 4.78 is 15.5. The number of hydrogen-bond donors (Lipinski definition) is 0. The summed E-state index contributed by atoms with van der Waals surface area (Å²) in [6, 6.07) is 14.0. The lowest BCUT2D eigenvalue weighted by Crippen LogP contribution is -2.15. The highest BCUT2D eigenvalue weighted by molar-refractivity contribution is 6.31. The Labute approximate surface area is 185 Å². The van der Waals surface area contributed by atoms with E-state index >= 15 is 0 Å². The van der Waals surface area contributed by atoms with E-state index in [1.807, 2.05) is 24.3 Å². The van der Waals surface area contributed by atoms with Crippen LogP contribution in [0.5, 0.6) is 5.75 Å². The van der Waals surface area contributed by atoms with Crippen LogP contribution in [0.3, 0.4) is 0 Å². The van der Waals surface area contributed by atoms with Gasteiger partial charge in [-0.2, -0.15) is 0 Å². The molecular formula is C25H21ClO5. The van der Waals surface area contributed by atoms with Crippen LogP contribution in [0, 0.1) is 11.8 Å². The standard InChI is InChI=1S/C25H21ClO5/c1-4-30-24(27)22-14-17(9-6-16-7-11-19(29-3)12-8-16)20-13-10-18(26)15-21(20)23(22)25(28)31-5-2/h7-8,10-15H,4-5H2,1-3H3. The molecule has 0 fully saturated rings. The van der Waals surface area contributed by atoms with Gasteiger partial charge in [0, 0.05) is 16.1 Å². The molecule has 6 heteroatoms. The van der Waals surface area contributed by atoms with Gasteiger partial charge in [0.15, 0.2) is 0 Å². The lowest BCUT2D eigenvalue weighted by atomic mass is 9.94. The maximum Gasteiger partial charge on any atom is 0.339 e. The van der Waals surface area contributed by atoms with Gasteiger partial charge in [0.25, 0.3) is 0 Å². The molecule has 0 N–H and O–H groups in total. The number of carbonyl (C=O) groups is 2. The van der Waals surface area contributed by atoms with Crippen molar-refractivity contribution in [3.63, 3.8) is 0 Å². The van der Waals surface area contributed by atoms with Crippen LogP contribution in [-0.2, 0) is 9.47 Å². The highest BCUT2D eigenvalue weighted by Gasteiger charge is 2.24. The first-order chi connectivity index (χ1) is 15.0. The number of carbonyl (C=O) groups excluding carboxylic acids is 2. The van der Waals surface area contributed by atoms with Crippen LogP contribution in [0.15, 0.2) is 48.5 Å². The molecule has 158 valence electrons. The minimum atomic E-state index is -0.625. The van der Waals surface area contributed by atoms with Crippen LogP contribution in [0.25, 0.3) is 10.8 Å². The van der Waals surface area contributed by atoms with Gasteiger partial charge in [0.1, 0.15) is 5.75 Å². The third-order valence-electron chi connectivity index (χ3n) is 4.51. The van der Waals surface area contributed by atoms with Crippen LogP contribution < -0.4 is 4.74 Å². The van der Waals surface area contributed by atoms with E-state index in [1.165, 1.54) is 0 Å². The summed E-state index contributed by atoms with van der Waals surface area (Å²) in [6.45, 7) is 3.74. The molecule has 3 aromatic carbocycles. The topological polar surface area (TPSA) is 61.8 Å². The molecule has 0 bridgehead atoms. The molecule has 0 aliphatic rings. The number of ether oxygens (including phenoxy) is 3. The fourth-order valence-corrected chi connectivity index (χ4v) is 3.28. The summed E-state index contributed by atoms with van der Waals surface area (Å²) in [6.07, 6.45) is 0. The second-order valence-electron chi connectivity index (χ2n) is 6.46. The fourth-order valence-electron chi connectivity index (χ4n) is 3.11. The van der Waals surface area contributed by atoms with Crippen molar-refractivity contribution in [3.8, 4) is 17.6 Å². The molecule has 0 aliphatic heterocycles. The SMILES string of the molecule is CCOC(=O)c1cc(C#Cc2ccc(OC)cc2)c2ccc(Cl)cc2c1C(=O)OCC. The number of hydrogen-bond acceptors (Lipinski definition) is 5. The lowest BCUT2D eigenvalue weighted by Gasteiger charge is -2.13. The van der Waals surface area contributed by atoms with Crippen LogP contribution >= 0.6 is 11.6 Å². The van der Waals surface area contributed by atoms with Gasteiger partial charge >= 0.3 is 11.9 Å². The Morgan fingerprint density at radius 1 is 0.871 bits per heavy atom. The first kappa shape index (κ1) is 22.2. The van der Waals surface area contributed by atoms with Gasteiger partial charge < -0.3 is 14.2 Å². The maximum absolute atomic E-state index is 12.7. The molecule has 0 atom stereocenters. The van der Waals surface area contributed by atoms with Crippen LogP contribution in [-0.4, -0.2) is 32.3 Å². The van der Waals surface area contributed by atoms with Crippen LogP contribution in [0.4, 0.5) is 0 Å². The Bertz CT molecular complexity index is 1190. The Morgan fingerprint density at radius 2 is 1.55 bits per heavy atom. The second kappa shape index (κ2) is 10.0. The third kappa shape index (κ3) is 4.99. The van der Waals surface area contributed by atoms with Gasteiger partial charge in [0.2, 0.25) is 0 Å². The summed E-state index contributed by atoms with van der Waals surface area (Å²) in [7, 11) is 1.60. The highest BCUT2D eigenvalue weighted by atomic mass is 35.5. The monoisotopic (exact) mass is 436 g/mol. The van der Waals surface area contributed by atoms with Crippen molar-refractivity contribution in [1.29, 1.82) is 0 Å². The molecule has 3 aromatic rings. The Hall–Kier alpha value is -3.49. The van der Waals surface area contributed by atoms with Crippen molar-refractivity contribution < 1.29 is 23.8 Å². The van der Waals surface area contributed by atoms with Crippen molar-refractivity contribution in [1.82, 2.24) is 0 Å². The van der Waals surface area contributed by atoms with Gasteiger partial charge in [-0.3, -0.25) is 0 Å². The normalized spacial score (nSPS) is 10.2.